The summed E-state index contributed by atoms with van der Waals surface area (Å²) in [7, 11) is -3.76. The van der Waals surface area contributed by atoms with Gasteiger partial charge in [0.05, 0.1) is 10.6 Å². The Kier molecular flexibility index (Phi) is 5.57. The van der Waals surface area contributed by atoms with Crippen molar-refractivity contribution in [3.05, 3.63) is 59.7 Å². The molecule has 29 heavy (non-hydrogen) atoms. The number of rotatable bonds is 6. The van der Waals surface area contributed by atoms with Gasteiger partial charge < -0.3 is 0 Å². The van der Waals surface area contributed by atoms with Crippen LogP contribution in [0, 0.1) is 0 Å². The number of hydrogen-bond donors (Lipinski definition) is 1. The molecule has 2 heterocycles. The van der Waals surface area contributed by atoms with Crippen LogP contribution in [0.15, 0.2) is 57.8 Å². The van der Waals surface area contributed by atoms with E-state index in [1.165, 1.54) is 27.8 Å². The van der Waals surface area contributed by atoms with Gasteiger partial charge in [-0.05, 0) is 42.0 Å². The lowest BCUT2D eigenvalue weighted by Gasteiger charge is -2.19. The van der Waals surface area contributed by atoms with Crippen molar-refractivity contribution >= 4 is 49.8 Å². The van der Waals surface area contributed by atoms with Gasteiger partial charge in [-0.15, -0.1) is 10.2 Å². The molecule has 150 valence electrons. The summed E-state index contributed by atoms with van der Waals surface area (Å²) >= 11 is 2.83. The zero-order valence-electron chi connectivity index (χ0n) is 15.5. The molecular formula is C19H18N4O3S3. The molecule has 1 aliphatic heterocycles. The van der Waals surface area contributed by atoms with E-state index in [2.05, 4.69) is 15.5 Å². The lowest BCUT2D eigenvalue weighted by atomic mass is 10.2. The maximum Gasteiger partial charge on any atom is 0.264 e. The minimum Gasteiger partial charge on any atom is -0.296 e. The number of amides is 1. The molecule has 0 saturated heterocycles. The Morgan fingerprint density at radius 1 is 1.21 bits per heavy atom. The van der Waals surface area contributed by atoms with Gasteiger partial charge in [0.15, 0.2) is 4.34 Å². The summed E-state index contributed by atoms with van der Waals surface area (Å²) in [5, 5.41) is 11.0. The molecule has 3 aromatic rings. The van der Waals surface area contributed by atoms with Crippen molar-refractivity contribution in [3.63, 3.8) is 0 Å². The molecule has 0 aliphatic carbocycles. The summed E-state index contributed by atoms with van der Waals surface area (Å²) in [5.41, 5.74) is 1.94. The summed E-state index contributed by atoms with van der Waals surface area (Å²) in [6.07, 6.45) is 0.671. The molecule has 0 atom stereocenters. The number of anilines is 2. The first kappa shape index (κ1) is 19.9. The first-order chi connectivity index (χ1) is 14.0. The van der Waals surface area contributed by atoms with Crippen LogP contribution in [0.3, 0.4) is 0 Å². The van der Waals surface area contributed by atoms with Gasteiger partial charge in [0.1, 0.15) is 0 Å². The van der Waals surface area contributed by atoms with Gasteiger partial charge in [0.2, 0.25) is 5.13 Å². The average Bonchev–Trinajstić information content (AvgIpc) is 3.35. The highest BCUT2D eigenvalue weighted by Gasteiger charge is 2.31. The second-order valence-corrected chi connectivity index (χ2v) is 10.6. The van der Waals surface area contributed by atoms with Crippen LogP contribution in [0.2, 0.25) is 0 Å². The van der Waals surface area contributed by atoms with Crippen LogP contribution in [0.25, 0.3) is 0 Å². The Hall–Kier alpha value is -2.43. The van der Waals surface area contributed by atoms with E-state index < -0.39 is 15.9 Å². The quantitative estimate of drug-likeness (QED) is 0.459. The second-order valence-electron chi connectivity index (χ2n) is 6.24. The minimum absolute atomic E-state index is 0.0846. The van der Waals surface area contributed by atoms with Gasteiger partial charge in [-0.3, -0.25) is 14.4 Å². The summed E-state index contributed by atoms with van der Waals surface area (Å²) in [5.74, 6) is 0.440. The SMILES string of the molecule is CCSc1nnc(NC(=O)c2cccc(S(=O)(=O)N3CCc4ccccc43)c2)s1. The van der Waals surface area contributed by atoms with E-state index in [1.807, 2.05) is 25.1 Å². The third-order valence-electron chi connectivity index (χ3n) is 4.42. The third kappa shape index (κ3) is 4.00. The lowest BCUT2D eigenvalue weighted by Crippen LogP contribution is -2.29. The number of nitrogens with one attached hydrogen (secondary N) is 1. The van der Waals surface area contributed by atoms with Gasteiger partial charge in [0, 0.05) is 12.1 Å². The van der Waals surface area contributed by atoms with Gasteiger partial charge in [-0.1, -0.05) is 54.3 Å². The van der Waals surface area contributed by atoms with Crippen molar-refractivity contribution in [3.8, 4) is 0 Å². The van der Waals surface area contributed by atoms with E-state index in [-0.39, 0.29) is 10.5 Å². The second kappa shape index (κ2) is 8.13. The van der Waals surface area contributed by atoms with Crippen LogP contribution in [0.4, 0.5) is 10.8 Å². The predicted molar refractivity (Wildman–Crippen MR) is 115 cm³/mol. The molecular weight excluding hydrogens is 428 g/mol. The van der Waals surface area contributed by atoms with Crippen LogP contribution in [0.5, 0.6) is 0 Å². The molecule has 0 unspecified atom stereocenters. The first-order valence-electron chi connectivity index (χ1n) is 8.97. The summed E-state index contributed by atoms with van der Waals surface area (Å²) in [6, 6.07) is 13.5. The molecule has 10 heteroatoms. The maximum absolute atomic E-state index is 13.2. The molecule has 0 saturated carbocycles. The summed E-state index contributed by atoms with van der Waals surface area (Å²) in [6.45, 7) is 2.40. The third-order valence-corrected chi connectivity index (χ3v) is 8.09. The number of carbonyl (C=O) groups excluding carboxylic acids is 1. The number of aromatic nitrogens is 2. The Balaban J connectivity index is 1.57. The number of carbonyl (C=O) groups is 1. The van der Waals surface area contributed by atoms with Crippen molar-refractivity contribution in [2.75, 3.05) is 21.9 Å². The van der Waals surface area contributed by atoms with E-state index >= 15 is 0 Å². The average molecular weight is 447 g/mol. The monoisotopic (exact) mass is 446 g/mol. The highest BCUT2D eigenvalue weighted by molar-refractivity contribution is 8.01. The number of sulfonamides is 1. The van der Waals surface area contributed by atoms with Crippen LogP contribution >= 0.6 is 23.1 Å². The fourth-order valence-corrected chi connectivity index (χ4v) is 6.29. The first-order valence-corrected chi connectivity index (χ1v) is 12.2. The van der Waals surface area contributed by atoms with Crippen LogP contribution in [0.1, 0.15) is 22.8 Å². The highest BCUT2D eigenvalue weighted by atomic mass is 32.2. The topological polar surface area (TPSA) is 92.3 Å². The molecule has 4 rings (SSSR count). The maximum atomic E-state index is 13.2. The van der Waals surface area contributed by atoms with Gasteiger partial charge in [-0.2, -0.15) is 0 Å². The van der Waals surface area contributed by atoms with E-state index in [0.29, 0.717) is 23.8 Å². The zero-order valence-corrected chi connectivity index (χ0v) is 18.0. The predicted octanol–water partition coefficient (Wildman–Crippen LogP) is 3.65. The standard InChI is InChI=1S/C19H18N4O3S3/c1-2-27-19-22-21-18(28-19)20-17(24)14-7-5-8-15(12-14)29(25,26)23-11-10-13-6-3-4-9-16(13)23/h3-9,12H,2,10-11H2,1H3,(H,20,21,24). The molecule has 2 aromatic carbocycles. The van der Waals surface area contributed by atoms with Crippen molar-refractivity contribution in [1.82, 2.24) is 10.2 Å². The van der Waals surface area contributed by atoms with E-state index in [1.54, 1.807) is 30.0 Å². The number of benzene rings is 2. The van der Waals surface area contributed by atoms with Gasteiger partial charge >= 0.3 is 0 Å². The molecule has 1 N–H and O–H groups in total. The minimum atomic E-state index is -3.76. The number of hydrogen-bond acceptors (Lipinski definition) is 7. The molecule has 7 nitrogen and oxygen atoms in total. The Labute approximate surface area is 177 Å². The summed E-state index contributed by atoms with van der Waals surface area (Å²) < 4.78 is 28.5. The van der Waals surface area contributed by atoms with Gasteiger partial charge in [-0.25, -0.2) is 8.42 Å². The molecule has 1 aliphatic rings. The fourth-order valence-electron chi connectivity index (χ4n) is 3.09. The Morgan fingerprint density at radius 2 is 2.03 bits per heavy atom. The van der Waals surface area contributed by atoms with E-state index in [0.717, 1.165) is 15.7 Å². The van der Waals surface area contributed by atoms with E-state index in [9.17, 15) is 13.2 Å². The smallest absolute Gasteiger partial charge is 0.264 e. The molecule has 0 spiro atoms. The highest BCUT2D eigenvalue weighted by Crippen LogP contribution is 2.33. The lowest BCUT2D eigenvalue weighted by molar-refractivity contribution is 0.102. The largest absolute Gasteiger partial charge is 0.296 e. The van der Waals surface area contributed by atoms with Crippen molar-refractivity contribution in [1.29, 1.82) is 0 Å². The van der Waals surface area contributed by atoms with E-state index in [4.69, 9.17) is 0 Å². The van der Waals surface area contributed by atoms with Crippen molar-refractivity contribution in [2.45, 2.75) is 22.6 Å². The molecule has 0 fully saturated rings. The molecule has 0 radical (unpaired) electrons. The van der Waals surface area contributed by atoms with Crippen LogP contribution in [-0.2, 0) is 16.4 Å². The fraction of sp³-hybridized carbons (Fsp3) is 0.211. The van der Waals surface area contributed by atoms with Crippen LogP contribution < -0.4 is 9.62 Å². The number of nitrogens with zero attached hydrogens (tertiary/aromatic N) is 3. The van der Waals surface area contributed by atoms with Crippen molar-refractivity contribution < 1.29 is 13.2 Å². The Morgan fingerprint density at radius 3 is 2.86 bits per heavy atom. The van der Waals surface area contributed by atoms with Gasteiger partial charge in [0.25, 0.3) is 15.9 Å². The number of para-hydroxylation sites is 1. The van der Waals surface area contributed by atoms with Crippen molar-refractivity contribution in [2.24, 2.45) is 0 Å². The number of fused-ring (bicyclic) bond motifs is 1. The summed E-state index contributed by atoms with van der Waals surface area (Å²) in [4.78, 5) is 12.7. The zero-order chi connectivity index (χ0) is 20.4. The Bertz CT molecular complexity index is 1160. The molecule has 1 aromatic heterocycles. The normalized spacial score (nSPS) is 13.3. The van der Waals surface area contributed by atoms with Crippen LogP contribution in [-0.4, -0.2) is 36.8 Å². The molecule has 1 amide bonds. The number of thioether (sulfide) groups is 1. The molecule has 0 bridgehead atoms.